The van der Waals surface area contributed by atoms with Crippen molar-refractivity contribution in [2.75, 3.05) is 0 Å². The van der Waals surface area contributed by atoms with Crippen molar-refractivity contribution in [1.29, 1.82) is 21.6 Å². The normalized spacial score (nSPS) is 18.0. The smallest absolute Gasteiger partial charge is 0.251 e. The van der Waals surface area contributed by atoms with Gasteiger partial charge >= 0.3 is 0 Å². The number of hydrogen-bond acceptors (Lipinski definition) is 4. The molecule has 0 radical (unpaired) electrons. The van der Waals surface area contributed by atoms with Crippen LogP contribution in [-0.2, 0) is 0 Å². The van der Waals surface area contributed by atoms with E-state index in [0.717, 1.165) is 27.2 Å². The molecule has 0 saturated carbocycles. The first kappa shape index (κ1) is 25.5. The highest BCUT2D eigenvalue weighted by molar-refractivity contribution is 6.01. The van der Waals surface area contributed by atoms with Crippen LogP contribution in [0.5, 0.6) is 0 Å². The SMILES string of the molecule is Cl.Cl.[N-]=[N+]1C2=C1C(c1cc(C(=N)N)cc(C(=N)N)c1)CC2c1cc(C(=N)N)cc(C(=N)N)c1. The number of benzene rings is 2. The molecule has 0 saturated heterocycles. The van der Waals surface area contributed by atoms with Crippen molar-refractivity contribution in [3.8, 4) is 0 Å². The Bertz CT molecular complexity index is 1110. The molecular formula is C21H24Cl2N10. The van der Waals surface area contributed by atoms with E-state index in [4.69, 9.17) is 44.6 Å². The lowest BCUT2D eigenvalue weighted by atomic mass is 9.86. The van der Waals surface area contributed by atoms with Crippen molar-refractivity contribution in [1.82, 2.24) is 0 Å². The van der Waals surface area contributed by atoms with E-state index >= 15 is 0 Å². The molecule has 0 amide bonds. The van der Waals surface area contributed by atoms with Crippen LogP contribution in [0, 0.1) is 21.6 Å². The van der Waals surface area contributed by atoms with Gasteiger partial charge in [0.05, 0.1) is 11.8 Å². The topological polar surface area (TPSA) is 225 Å². The second kappa shape index (κ2) is 9.00. The zero-order valence-electron chi connectivity index (χ0n) is 17.3. The molecule has 10 nitrogen and oxygen atoms in total. The number of nitrogens with one attached hydrogen (secondary N) is 4. The summed E-state index contributed by atoms with van der Waals surface area (Å²) in [6, 6.07) is 10.3. The Hall–Kier alpha value is -3.76. The summed E-state index contributed by atoms with van der Waals surface area (Å²) in [5.41, 5.74) is 38.0. The fourth-order valence-corrected chi connectivity index (χ4v) is 4.21. The van der Waals surface area contributed by atoms with Gasteiger partial charge in [-0.3, -0.25) is 21.6 Å². The zero-order chi connectivity index (χ0) is 22.6. The molecule has 33 heavy (non-hydrogen) atoms. The van der Waals surface area contributed by atoms with Gasteiger partial charge in [-0.25, -0.2) is 4.70 Å². The second-order valence-corrected chi connectivity index (χ2v) is 7.77. The molecular weight excluding hydrogens is 463 g/mol. The minimum Gasteiger partial charge on any atom is -0.493 e. The van der Waals surface area contributed by atoms with E-state index in [-0.39, 0.29) is 60.0 Å². The number of nitrogens with two attached hydrogens (primary N) is 4. The lowest BCUT2D eigenvalue weighted by Crippen LogP contribution is -2.18. The summed E-state index contributed by atoms with van der Waals surface area (Å²) in [5, 5.41) is 31.1. The van der Waals surface area contributed by atoms with Gasteiger partial charge in [0.25, 0.3) is 11.4 Å². The van der Waals surface area contributed by atoms with Crippen LogP contribution in [0.3, 0.4) is 0 Å². The van der Waals surface area contributed by atoms with Crippen LogP contribution in [0.1, 0.15) is 51.6 Å². The highest BCUT2D eigenvalue weighted by Crippen LogP contribution is 2.57. The summed E-state index contributed by atoms with van der Waals surface area (Å²) >= 11 is 0. The maximum Gasteiger partial charge on any atom is 0.251 e. The van der Waals surface area contributed by atoms with E-state index in [2.05, 4.69) is 0 Å². The van der Waals surface area contributed by atoms with Crippen molar-refractivity contribution in [3.63, 3.8) is 0 Å². The van der Waals surface area contributed by atoms with Gasteiger partial charge in [0.15, 0.2) is 0 Å². The van der Waals surface area contributed by atoms with Gasteiger partial charge in [0, 0.05) is 22.3 Å². The molecule has 0 fully saturated rings. The molecule has 2 atom stereocenters. The average molecular weight is 487 g/mol. The van der Waals surface area contributed by atoms with E-state index < -0.39 is 0 Å². The van der Waals surface area contributed by atoms with Crippen molar-refractivity contribution < 1.29 is 4.70 Å². The maximum absolute atomic E-state index is 10.4. The van der Waals surface area contributed by atoms with Crippen molar-refractivity contribution >= 4 is 48.2 Å². The van der Waals surface area contributed by atoms with Gasteiger partial charge in [-0.1, -0.05) is 0 Å². The first-order valence-electron chi connectivity index (χ1n) is 9.49. The molecule has 2 aromatic carbocycles. The summed E-state index contributed by atoms with van der Waals surface area (Å²) < 4.78 is 1.14. The Balaban J connectivity index is 0.00000193. The summed E-state index contributed by atoms with van der Waals surface area (Å²) in [6.07, 6.45) is 0.610. The number of allylic oxidation sites excluding steroid dienone is 2. The van der Waals surface area contributed by atoms with Crippen molar-refractivity contribution in [2.24, 2.45) is 22.9 Å². The minimum atomic E-state index is -0.191. The number of halogens is 2. The number of hydrogen-bond donors (Lipinski definition) is 8. The lowest BCUT2D eigenvalue weighted by Gasteiger charge is -2.19. The Morgan fingerprint density at radius 1 is 0.636 bits per heavy atom. The molecule has 172 valence electrons. The largest absolute Gasteiger partial charge is 0.493 e. The summed E-state index contributed by atoms with van der Waals surface area (Å²) in [4.78, 5) is 0. The fourth-order valence-electron chi connectivity index (χ4n) is 4.21. The van der Waals surface area contributed by atoms with E-state index in [0.29, 0.717) is 28.7 Å². The third-order valence-corrected chi connectivity index (χ3v) is 5.76. The third-order valence-electron chi connectivity index (χ3n) is 5.76. The molecule has 0 spiro atoms. The Morgan fingerprint density at radius 3 is 1.15 bits per heavy atom. The monoisotopic (exact) mass is 486 g/mol. The Morgan fingerprint density at radius 2 is 0.909 bits per heavy atom. The van der Waals surface area contributed by atoms with Gasteiger partial charge in [0.1, 0.15) is 23.3 Å². The number of nitrogen functional groups attached to an aromatic ring is 4. The molecule has 1 aliphatic heterocycles. The molecule has 4 rings (SSSR count). The highest BCUT2D eigenvalue weighted by atomic mass is 35.5. The average Bonchev–Trinajstić information content (AvgIpc) is 3.20. The van der Waals surface area contributed by atoms with Crippen molar-refractivity contribution in [3.05, 3.63) is 86.7 Å². The van der Waals surface area contributed by atoms with Crippen molar-refractivity contribution in [2.45, 2.75) is 18.3 Å². The summed E-state index contributed by atoms with van der Waals surface area (Å²) in [5.74, 6) is -0.918. The van der Waals surface area contributed by atoms with Crippen LogP contribution < -0.4 is 22.9 Å². The molecule has 12 N–H and O–H groups in total. The second-order valence-electron chi connectivity index (χ2n) is 7.77. The minimum absolute atomic E-state index is 0. The van der Waals surface area contributed by atoms with Crippen LogP contribution in [-0.4, -0.2) is 28.0 Å². The Kier molecular flexibility index (Phi) is 6.96. The van der Waals surface area contributed by atoms with Gasteiger partial charge < -0.3 is 28.5 Å². The number of amidine groups is 4. The van der Waals surface area contributed by atoms with E-state index in [1.165, 1.54) is 0 Å². The lowest BCUT2D eigenvalue weighted by molar-refractivity contribution is -0.364. The molecule has 0 bridgehead atoms. The van der Waals surface area contributed by atoms with Gasteiger partial charge in [-0.05, 0) is 53.9 Å². The van der Waals surface area contributed by atoms with Crippen LogP contribution in [0.25, 0.3) is 5.53 Å². The van der Waals surface area contributed by atoms with Gasteiger partial charge in [-0.15, -0.1) is 24.8 Å². The Labute approximate surface area is 202 Å². The molecule has 12 heteroatoms. The van der Waals surface area contributed by atoms with Crippen LogP contribution in [0.15, 0.2) is 47.8 Å². The predicted molar refractivity (Wildman–Crippen MR) is 132 cm³/mol. The first-order chi connectivity index (χ1) is 14.6. The number of rotatable bonds is 6. The number of piperidine rings is 1. The molecule has 2 aromatic rings. The molecule has 1 aliphatic carbocycles. The first-order valence-corrected chi connectivity index (χ1v) is 9.49. The highest BCUT2D eigenvalue weighted by Gasteiger charge is 2.56. The van der Waals surface area contributed by atoms with Gasteiger partial charge in [-0.2, -0.15) is 0 Å². The van der Waals surface area contributed by atoms with Crippen LogP contribution >= 0.6 is 24.8 Å². The molecule has 0 aromatic heterocycles. The van der Waals surface area contributed by atoms with E-state index in [9.17, 15) is 5.53 Å². The summed E-state index contributed by atoms with van der Waals surface area (Å²) in [7, 11) is 0. The predicted octanol–water partition coefficient (Wildman–Crippen LogP) is 2.20. The maximum atomic E-state index is 10.4. The molecule has 1 heterocycles. The standard InChI is InChI=1S/C21H22N10.2ClH/c22-18(23)10-1-8(2-11(5-10)19(24)25)14-7-15(17-16(14)31(17)30)9-3-12(20(26)27)6-13(4-9)21(28)29;;/h1-6,14-15H,7H2,(H3,22,23)(H3,24,25)(H3,26,27)(H3,28,29);2*1H. The quantitative estimate of drug-likeness (QED) is 0.174. The fraction of sp³-hybridized carbons (Fsp3) is 0.143. The molecule has 2 aliphatic rings. The molecule has 2 unspecified atom stereocenters. The van der Waals surface area contributed by atoms with Gasteiger partial charge in [0.2, 0.25) is 0 Å². The summed E-state index contributed by atoms with van der Waals surface area (Å²) in [6.45, 7) is 0. The third kappa shape index (κ3) is 4.43. The van der Waals surface area contributed by atoms with E-state index in [1.54, 1.807) is 36.4 Å². The van der Waals surface area contributed by atoms with Crippen LogP contribution in [0.4, 0.5) is 0 Å². The number of nitrogens with zero attached hydrogens (tertiary/aromatic N) is 2. The zero-order valence-corrected chi connectivity index (χ0v) is 19.0. The van der Waals surface area contributed by atoms with Crippen LogP contribution in [0.2, 0.25) is 0 Å². The van der Waals surface area contributed by atoms with E-state index in [1.807, 2.05) is 0 Å².